The van der Waals surface area contributed by atoms with Crippen LogP contribution in [0.15, 0.2) is 24.5 Å². The van der Waals surface area contributed by atoms with Crippen LogP contribution < -0.4 is 10.2 Å². The molecule has 1 aromatic heterocycles. The van der Waals surface area contributed by atoms with Crippen LogP contribution in [0.5, 0.6) is 5.75 Å². The van der Waals surface area contributed by atoms with Crippen LogP contribution in [-0.4, -0.2) is 31.9 Å². The largest absolute Gasteiger partial charge is 0.492 e. The van der Waals surface area contributed by atoms with E-state index in [1.807, 2.05) is 13.0 Å². The zero-order valence-electron chi connectivity index (χ0n) is 12.5. The molecule has 6 nitrogen and oxygen atoms in total. The van der Waals surface area contributed by atoms with E-state index < -0.39 is 7.12 Å². The van der Waals surface area contributed by atoms with Gasteiger partial charge in [-0.05, 0) is 18.9 Å². The molecule has 0 aliphatic heterocycles. The van der Waals surface area contributed by atoms with Crippen LogP contribution in [-0.2, 0) is 13.2 Å². The molecule has 0 amide bonds. The highest BCUT2D eigenvalue weighted by molar-refractivity contribution is 6.59. The number of aromatic nitrogens is 3. The quantitative estimate of drug-likeness (QED) is 0.757. The zero-order valence-corrected chi connectivity index (χ0v) is 12.5. The van der Waals surface area contributed by atoms with Crippen molar-refractivity contribution in [3.63, 3.8) is 0 Å². The molecule has 0 bridgehead atoms. The van der Waals surface area contributed by atoms with Gasteiger partial charge in [0.15, 0.2) is 5.82 Å². The minimum Gasteiger partial charge on any atom is -0.486 e. The summed E-state index contributed by atoms with van der Waals surface area (Å²) in [7, 11) is -1.56. The average Bonchev–Trinajstić information content (AvgIpc) is 2.83. The molecule has 0 spiro atoms. The van der Waals surface area contributed by atoms with E-state index in [9.17, 15) is 10.0 Å². The van der Waals surface area contributed by atoms with Crippen molar-refractivity contribution < 1.29 is 14.8 Å². The number of hydrogen-bond acceptors (Lipinski definition) is 5. The Morgan fingerprint density at radius 1 is 1.33 bits per heavy atom. The normalized spacial score (nSPS) is 11.0. The van der Waals surface area contributed by atoms with Crippen molar-refractivity contribution in [3.8, 4) is 5.75 Å². The Labute approximate surface area is 124 Å². The van der Waals surface area contributed by atoms with Gasteiger partial charge in [-0.2, -0.15) is 5.10 Å². The lowest BCUT2D eigenvalue weighted by Gasteiger charge is -2.13. The number of hydrogen-bond donors (Lipinski definition) is 2. The second-order valence-corrected chi connectivity index (χ2v) is 5.46. The summed E-state index contributed by atoms with van der Waals surface area (Å²) in [5.41, 5.74) is 1.29. The van der Waals surface area contributed by atoms with Crippen LogP contribution in [0.1, 0.15) is 25.2 Å². The molecule has 0 aliphatic rings. The first kappa shape index (κ1) is 15.5. The van der Waals surface area contributed by atoms with Crippen LogP contribution in [0.3, 0.4) is 0 Å². The molecule has 1 heterocycles. The third-order valence-corrected chi connectivity index (χ3v) is 3.03. The zero-order chi connectivity index (χ0) is 15.4. The molecule has 0 fully saturated rings. The second-order valence-electron chi connectivity index (χ2n) is 5.46. The van der Waals surface area contributed by atoms with E-state index in [1.165, 1.54) is 6.33 Å². The molecule has 0 radical (unpaired) electrons. The maximum absolute atomic E-state index is 9.40. The number of aryl methyl sites for hydroxylation is 1. The van der Waals surface area contributed by atoms with E-state index in [4.69, 9.17) is 4.74 Å². The van der Waals surface area contributed by atoms with Crippen molar-refractivity contribution in [2.24, 2.45) is 5.92 Å². The highest BCUT2D eigenvalue weighted by atomic mass is 16.5. The van der Waals surface area contributed by atoms with Gasteiger partial charge in [0.2, 0.25) is 0 Å². The fraction of sp³-hybridized carbons (Fsp3) is 0.429. The molecule has 0 unspecified atom stereocenters. The van der Waals surface area contributed by atoms with Crippen molar-refractivity contribution >= 4 is 12.6 Å². The lowest BCUT2D eigenvalue weighted by molar-refractivity contribution is 0.283. The van der Waals surface area contributed by atoms with Gasteiger partial charge in [-0.25, -0.2) is 9.67 Å². The summed E-state index contributed by atoms with van der Waals surface area (Å²) in [6, 6.07) is 5.28. The van der Waals surface area contributed by atoms with E-state index in [-0.39, 0.29) is 6.61 Å². The maximum atomic E-state index is 9.40. The Morgan fingerprint density at radius 2 is 2.10 bits per heavy atom. The number of benzene rings is 1. The molecule has 21 heavy (non-hydrogen) atoms. The number of ether oxygens (including phenoxy) is 1. The highest BCUT2D eigenvalue weighted by Crippen LogP contribution is 2.12. The van der Waals surface area contributed by atoms with Gasteiger partial charge >= 0.3 is 7.12 Å². The van der Waals surface area contributed by atoms with Gasteiger partial charge in [0.25, 0.3) is 0 Å². The van der Waals surface area contributed by atoms with Crippen molar-refractivity contribution in [2.75, 3.05) is 0 Å². The molecule has 2 rings (SSSR count). The molecule has 112 valence electrons. The summed E-state index contributed by atoms with van der Waals surface area (Å²) < 4.78 is 7.48. The summed E-state index contributed by atoms with van der Waals surface area (Å²) >= 11 is 0. The minimum atomic E-state index is -1.56. The molecule has 7 heteroatoms. The Morgan fingerprint density at radius 3 is 2.76 bits per heavy atom. The van der Waals surface area contributed by atoms with Crippen molar-refractivity contribution in [1.29, 1.82) is 0 Å². The van der Waals surface area contributed by atoms with Crippen LogP contribution in [0, 0.1) is 12.8 Å². The molecule has 1 aromatic carbocycles. The Bertz CT molecular complexity index is 599. The molecular weight excluding hydrogens is 269 g/mol. The van der Waals surface area contributed by atoms with Gasteiger partial charge in [-0.15, -0.1) is 0 Å². The monoisotopic (exact) mass is 289 g/mol. The summed E-state index contributed by atoms with van der Waals surface area (Å²) in [5.74, 6) is 1.61. The second kappa shape index (κ2) is 6.73. The first-order valence-electron chi connectivity index (χ1n) is 6.93. The first-order chi connectivity index (χ1) is 9.97. The van der Waals surface area contributed by atoms with E-state index in [1.54, 1.807) is 16.8 Å². The third-order valence-electron chi connectivity index (χ3n) is 3.03. The van der Waals surface area contributed by atoms with Gasteiger partial charge < -0.3 is 14.8 Å². The number of rotatable bonds is 6. The molecule has 0 saturated heterocycles. The molecule has 0 aliphatic carbocycles. The molecular formula is C14H20BN3O3. The predicted molar refractivity (Wildman–Crippen MR) is 80.2 cm³/mol. The smallest absolute Gasteiger partial charge is 0.486 e. The van der Waals surface area contributed by atoms with Gasteiger partial charge in [0, 0.05) is 12.0 Å². The SMILES string of the molecule is Cc1ccc(OCc2ncnn2CC(C)C)c(B(O)O)c1. The van der Waals surface area contributed by atoms with Crippen molar-refractivity contribution in [3.05, 3.63) is 35.9 Å². The predicted octanol–water partition coefficient (Wildman–Crippen LogP) is 0.501. The van der Waals surface area contributed by atoms with E-state index >= 15 is 0 Å². The summed E-state index contributed by atoms with van der Waals surface area (Å²) in [5, 5.41) is 23.0. The molecule has 0 saturated carbocycles. The van der Waals surface area contributed by atoms with Gasteiger partial charge in [-0.3, -0.25) is 0 Å². The van der Waals surface area contributed by atoms with E-state index in [0.717, 1.165) is 12.1 Å². The lowest BCUT2D eigenvalue weighted by atomic mass is 9.79. The summed E-state index contributed by atoms with van der Waals surface area (Å²) in [4.78, 5) is 4.18. The average molecular weight is 289 g/mol. The van der Waals surface area contributed by atoms with Crippen molar-refractivity contribution in [1.82, 2.24) is 14.8 Å². The lowest BCUT2D eigenvalue weighted by Crippen LogP contribution is -2.31. The fourth-order valence-corrected chi connectivity index (χ4v) is 2.04. The Hall–Kier alpha value is -1.86. The molecule has 2 N–H and O–H groups in total. The van der Waals surface area contributed by atoms with Crippen LogP contribution >= 0.6 is 0 Å². The minimum absolute atomic E-state index is 0.232. The van der Waals surface area contributed by atoms with Gasteiger partial charge in [-0.1, -0.05) is 31.5 Å². The van der Waals surface area contributed by atoms with Crippen LogP contribution in [0.4, 0.5) is 0 Å². The van der Waals surface area contributed by atoms with Crippen LogP contribution in [0.25, 0.3) is 0 Å². The van der Waals surface area contributed by atoms with Gasteiger partial charge in [0.1, 0.15) is 18.7 Å². The van der Waals surface area contributed by atoms with E-state index in [0.29, 0.717) is 23.0 Å². The third kappa shape index (κ3) is 4.06. The fourth-order valence-electron chi connectivity index (χ4n) is 2.04. The summed E-state index contributed by atoms with van der Waals surface area (Å²) in [6.07, 6.45) is 1.50. The molecule has 0 atom stereocenters. The molecule has 2 aromatic rings. The highest BCUT2D eigenvalue weighted by Gasteiger charge is 2.18. The van der Waals surface area contributed by atoms with Gasteiger partial charge in [0.05, 0.1) is 0 Å². The van der Waals surface area contributed by atoms with E-state index in [2.05, 4.69) is 23.9 Å². The Balaban J connectivity index is 2.12. The first-order valence-corrected chi connectivity index (χ1v) is 6.93. The summed E-state index contributed by atoms with van der Waals surface area (Å²) in [6.45, 7) is 7.09. The van der Waals surface area contributed by atoms with Crippen LogP contribution in [0.2, 0.25) is 0 Å². The topological polar surface area (TPSA) is 80.4 Å². The number of nitrogens with zero attached hydrogens (tertiary/aromatic N) is 3. The Kier molecular flexibility index (Phi) is 4.98. The standard InChI is InChI=1S/C14H20BN3O3/c1-10(2)7-18-14(16-9-17-18)8-21-13-5-4-11(3)6-12(13)15(19)20/h4-6,9-10,19-20H,7-8H2,1-3H3. The maximum Gasteiger partial charge on any atom is 0.492 e. The van der Waals surface area contributed by atoms with Crippen molar-refractivity contribution in [2.45, 2.75) is 33.9 Å².